The quantitative estimate of drug-likeness (QED) is 0.660. The average Bonchev–Trinajstić information content (AvgIpc) is 2.59. The van der Waals surface area contributed by atoms with Crippen LogP contribution in [-0.2, 0) is 6.42 Å². The fourth-order valence-electron chi connectivity index (χ4n) is 0.949. The van der Waals surface area contributed by atoms with Crippen LogP contribution in [0, 0.1) is 0 Å². The molecule has 0 aromatic carbocycles. The van der Waals surface area contributed by atoms with Crippen molar-refractivity contribution in [2.24, 2.45) is 0 Å². The van der Waals surface area contributed by atoms with Gasteiger partial charge in [-0.25, -0.2) is 0 Å². The summed E-state index contributed by atoms with van der Waals surface area (Å²) in [7, 11) is 0. The first-order valence-corrected chi connectivity index (χ1v) is 3.61. The van der Waals surface area contributed by atoms with Gasteiger partial charge in [-0.15, -0.1) is 5.10 Å². The minimum absolute atomic E-state index is 0.671. The maximum atomic E-state index is 4.60. The van der Waals surface area contributed by atoms with Gasteiger partial charge in [0.15, 0.2) is 0 Å². The van der Waals surface area contributed by atoms with Crippen molar-refractivity contribution < 1.29 is 4.52 Å². The van der Waals surface area contributed by atoms with E-state index in [1.54, 1.807) is 6.20 Å². The van der Waals surface area contributed by atoms with E-state index in [0.717, 1.165) is 11.4 Å². The van der Waals surface area contributed by atoms with Crippen LogP contribution >= 0.6 is 0 Å². The van der Waals surface area contributed by atoms with Crippen LogP contribution in [-0.4, -0.2) is 15.4 Å². The molecule has 0 saturated heterocycles. The summed E-state index contributed by atoms with van der Waals surface area (Å²) in [6.45, 7) is 0. The first kappa shape index (κ1) is 6.97. The highest BCUT2D eigenvalue weighted by Crippen LogP contribution is 2.01. The van der Waals surface area contributed by atoms with Crippen LogP contribution in [0.4, 0.5) is 0 Å². The van der Waals surface area contributed by atoms with E-state index in [-0.39, 0.29) is 0 Å². The van der Waals surface area contributed by atoms with Gasteiger partial charge in [-0.05, 0) is 12.1 Å². The molecule has 2 aromatic heterocycles. The Hall–Kier alpha value is -1.71. The topological polar surface area (TPSA) is 51.8 Å². The zero-order valence-electron chi connectivity index (χ0n) is 6.34. The number of aromatic nitrogens is 3. The number of rotatable bonds is 2. The summed E-state index contributed by atoms with van der Waals surface area (Å²) in [5, 5.41) is 7.12. The Morgan fingerprint density at radius 1 is 1.25 bits per heavy atom. The molecule has 12 heavy (non-hydrogen) atoms. The van der Waals surface area contributed by atoms with Crippen LogP contribution < -0.4 is 0 Å². The molecule has 4 heteroatoms. The average molecular weight is 161 g/mol. The summed E-state index contributed by atoms with van der Waals surface area (Å²) in [4.78, 5) is 4.14. The van der Waals surface area contributed by atoms with E-state index in [0.29, 0.717) is 6.42 Å². The molecule has 2 rings (SSSR count). The van der Waals surface area contributed by atoms with Gasteiger partial charge in [0.05, 0.1) is 0 Å². The van der Waals surface area contributed by atoms with Gasteiger partial charge in [-0.3, -0.25) is 4.98 Å². The van der Waals surface area contributed by atoms with Crippen molar-refractivity contribution in [3.8, 4) is 0 Å². The molecular formula is C8H7N3O. The van der Waals surface area contributed by atoms with Gasteiger partial charge in [0.25, 0.3) is 0 Å². The third-order valence-corrected chi connectivity index (χ3v) is 1.49. The maximum absolute atomic E-state index is 4.60. The minimum Gasteiger partial charge on any atom is -0.345 e. The Labute approximate surface area is 69.2 Å². The summed E-state index contributed by atoms with van der Waals surface area (Å²) in [5.41, 5.74) is 1.77. The van der Waals surface area contributed by atoms with Gasteiger partial charge < -0.3 is 4.52 Å². The van der Waals surface area contributed by atoms with Crippen molar-refractivity contribution in [3.63, 3.8) is 0 Å². The van der Waals surface area contributed by atoms with E-state index < -0.39 is 0 Å². The molecule has 0 amide bonds. The van der Waals surface area contributed by atoms with Crippen LogP contribution in [0.15, 0.2) is 35.2 Å². The van der Waals surface area contributed by atoms with Crippen molar-refractivity contribution in [1.82, 2.24) is 15.4 Å². The Morgan fingerprint density at radius 3 is 2.92 bits per heavy atom. The van der Waals surface area contributed by atoms with E-state index in [1.807, 2.05) is 18.2 Å². The number of nitrogens with zero attached hydrogens (tertiary/aromatic N) is 3. The smallest absolute Gasteiger partial charge is 0.147 e. The van der Waals surface area contributed by atoms with Crippen molar-refractivity contribution in [2.75, 3.05) is 0 Å². The summed E-state index contributed by atoms with van der Waals surface area (Å²) in [6, 6.07) is 5.76. The lowest BCUT2D eigenvalue weighted by Crippen LogP contribution is -1.90. The fourth-order valence-corrected chi connectivity index (χ4v) is 0.949. The molecule has 0 saturated carbocycles. The molecule has 2 aromatic rings. The molecule has 4 nitrogen and oxygen atoms in total. The molecule has 60 valence electrons. The minimum atomic E-state index is 0.671. The first-order valence-electron chi connectivity index (χ1n) is 3.61. The number of hydrogen-bond donors (Lipinski definition) is 0. The first-order chi connectivity index (χ1) is 5.95. The lowest BCUT2D eigenvalue weighted by atomic mass is 10.2. The Balaban J connectivity index is 2.15. The van der Waals surface area contributed by atoms with E-state index >= 15 is 0 Å². The number of hydrogen-bond acceptors (Lipinski definition) is 4. The Kier molecular flexibility index (Phi) is 1.82. The molecule has 0 atom stereocenters. The highest BCUT2D eigenvalue weighted by molar-refractivity contribution is 5.10. The Morgan fingerprint density at radius 2 is 2.25 bits per heavy atom. The lowest BCUT2D eigenvalue weighted by molar-refractivity contribution is 0.392. The third-order valence-electron chi connectivity index (χ3n) is 1.49. The van der Waals surface area contributed by atoms with Crippen LogP contribution in [0.5, 0.6) is 0 Å². The van der Waals surface area contributed by atoms with Gasteiger partial charge in [0, 0.05) is 23.6 Å². The highest BCUT2D eigenvalue weighted by atomic mass is 16.5. The summed E-state index contributed by atoms with van der Waals surface area (Å²) in [6.07, 6.45) is 3.95. The molecule has 0 unspecified atom stereocenters. The van der Waals surface area contributed by atoms with Crippen LogP contribution in [0.25, 0.3) is 0 Å². The molecule has 2 heterocycles. The van der Waals surface area contributed by atoms with Gasteiger partial charge in [-0.1, -0.05) is 6.07 Å². The molecule has 0 aliphatic rings. The van der Waals surface area contributed by atoms with Crippen molar-refractivity contribution in [1.29, 1.82) is 0 Å². The lowest BCUT2D eigenvalue weighted by Gasteiger charge is -1.92. The molecule has 0 fully saturated rings. The van der Waals surface area contributed by atoms with Crippen molar-refractivity contribution >= 4 is 0 Å². The summed E-state index contributed by atoms with van der Waals surface area (Å²) >= 11 is 0. The normalized spacial score (nSPS) is 10.0. The zero-order valence-corrected chi connectivity index (χ0v) is 6.34. The van der Waals surface area contributed by atoms with Crippen molar-refractivity contribution in [2.45, 2.75) is 6.42 Å². The molecule has 0 N–H and O–H groups in total. The van der Waals surface area contributed by atoms with Gasteiger partial charge in [0.2, 0.25) is 0 Å². The van der Waals surface area contributed by atoms with Gasteiger partial charge in [0.1, 0.15) is 12.0 Å². The third kappa shape index (κ3) is 1.47. The summed E-state index contributed by atoms with van der Waals surface area (Å²) in [5.74, 6) is 0. The molecule has 0 aliphatic heterocycles. The fraction of sp³-hybridized carbons (Fsp3) is 0.125. The van der Waals surface area contributed by atoms with E-state index in [9.17, 15) is 0 Å². The SMILES string of the molecule is c1ccc(Cc2conn2)nc1. The maximum Gasteiger partial charge on any atom is 0.147 e. The van der Waals surface area contributed by atoms with Gasteiger partial charge >= 0.3 is 0 Å². The largest absolute Gasteiger partial charge is 0.345 e. The van der Waals surface area contributed by atoms with Crippen LogP contribution in [0.3, 0.4) is 0 Å². The Bertz CT molecular complexity index is 330. The molecule has 0 spiro atoms. The monoisotopic (exact) mass is 161 g/mol. The van der Waals surface area contributed by atoms with Crippen molar-refractivity contribution in [3.05, 3.63) is 42.0 Å². The highest BCUT2D eigenvalue weighted by Gasteiger charge is 1.99. The molecule has 0 radical (unpaired) electrons. The predicted octanol–water partition coefficient (Wildman–Crippen LogP) is 1.06. The second kappa shape index (κ2) is 3.13. The molecule has 0 bridgehead atoms. The standard InChI is InChI=1S/C8H7N3O/c1-2-4-9-7(3-1)5-8-6-12-11-10-8/h1-4,6H,5H2. The van der Waals surface area contributed by atoms with E-state index in [2.05, 4.69) is 19.9 Å². The number of pyridine rings is 1. The van der Waals surface area contributed by atoms with Gasteiger partial charge in [-0.2, -0.15) is 0 Å². The zero-order chi connectivity index (χ0) is 8.23. The predicted molar refractivity (Wildman–Crippen MR) is 41.3 cm³/mol. The van der Waals surface area contributed by atoms with E-state index in [1.165, 1.54) is 6.26 Å². The second-order valence-corrected chi connectivity index (χ2v) is 2.39. The second-order valence-electron chi connectivity index (χ2n) is 2.39. The summed E-state index contributed by atoms with van der Waals surface area (Å²) < 4.78 is 4.60. The molecular weight excluding hydrogens is 154 g/mol. The van der Waals surface area contributed by atoms with Crippen LogP contribution in [0.2, 0.25) is 0 Å². The molecule has 0 aliphatic carbocycles. The van der Waals surface area contributed by atoms with Crippen LogP contribution in [0.1, 0.15) is 11.4 Å². The van der Waals surface area contributed by atoms with E-state index in [4.69, 9.17) is 0 Å².